The summed E-state index contributed by atoms with van der Waals surface area (Å²) in [5.74, 6) is 0.385. The molecule has 2 N–H and O–H groups in total. The number of aromatic nitrogens is 3. The van der Waals surface area contributed by atoms with Crippen LogP contribution in [-0.2, 0) is 6.42 Å². The molecule has 0 aliphatic heterocycles. The molecule has 0 aliphatic carbocycles. The molecule has 3 rings (SSSR count). The monoisotopic (exact) mass is 272 g/mol. The van der Waals surface area contributed by atoms with Gasteiger partial charge in [-0.1, -0.05) is 6.92 Å². The highest BCUT2D eigenvalue weighted by molar-refractivity contribution is 7.16. The zero-order valence-corrected chi connectivity index (χ0v) is 11.1. The van der Waals surface area contributed by atoms with Gasteiger partial charge in [-0.3, -0.25) is 9.89 Å². The number of amides is 1. The second-order valence-corrected chi connectivity index (χ2v) is 5.01. The molecule has 5 nitrogen and oxygen atoms in total. The van der Waals surface area contributed by atoms with Crippen LogP contribution in [0.3, 0.4) is 0 Å². The number of nitrogens with zero attached hydrogens (tertiary/aromatic N) is 2. The second kappa shape index (κ2) is 4.81. The van der Waals surface area contributed by atoms with Gasteiger partial charge in [0, 0.05) is 17.3 Å². The van der Waals surface area contributed by atoms with Gasteiger partial charge in [0.05, 0.1) is 15.7 Å². The van der Waals surface area contributed by atoms with Crippen molar-refractivity contribution in [3.05, 3.63) is 41.0 Å². The number of fused-ring (bicyclic) bond motifs is 1. The van der Waals surface area contributed by atoms with Gasteiger partial charge in [-0.2, -0.15) is 5.10 Å². The van der Waals surface area contributed by atoms with Gasteiger partial charge in [-0.05, 0) is 24.6 Å². The van der Waals surface area contributed by atoms with E-state index in [1.54, 1.807) is 11.6 Å². The van der Waals surface area contributed by atoms with Gasteiger partial charge < -0.3 is 5.32 Å². The highest BCUT2D eigenvalue weighted by atomic mass is 32.1. The van der Waals surface area contributed by atoms with E-state index in [2.05, 4.69) is 20.5 Å². The molecule has 0 aliphatic rings. The van der Waals surface area contributed by atoms with E-state index in [9.17, 15) is 4.79 Å². The molecule has 19 heavy (non-hydrogen) atoms. The number of benzene rings is 1. The maximum Gasteiger partial charge on any atom is 0.256 e. The smallest absolute Gasteiger partial charge is 0.256 e. The van der Waals surface area contributed by atoms with Crippen LogP contribution in [0.4, 0.5) is 5.82 Å². The van der Waals surface area contributed by atoms with E-state index in [1.807, 2.05) is 25.1 Å². The van der Waals surface area contributed by atoms with Gasteiger partial charge in [-0.15, -0.1) is 11.3 Å². The van der Waals surface area contributed by atoms with E-state index in [1.165, 1.54) is 11.3 Å². The maximum absolute atomic E-state index is 12.1. The lowest BCUT2D eigenvalue weighted by Gasteiger charge is -2.01. The number of aromatic amines is 1. The lowest BCUT2D eigenvalue weighted by Crippen LogP contribution is -2.11. The van der Waals surface area contributed by atoms with Gasteiger partial charge in [0.25, 0.3) is 5.91 Å². The average Bonchev–Trinajstić information content (AvgIpc) is 3.05. The van der Waals surface area contributed by atoms with Crippen molar-refractivity contribution in [3.8, 4) is 0 Å². The molecule has 0 radical (unpaired) electrons. The third-order valence-electron chi connectivity index (χ3n) is 2.85. The molecule has 0 unspecified atom stereocenters. The SMILES string of the molecule is CCc1cc(NC(=O)c2ccc3ncsc3c2)n[nH]1. The number of hydrogen-bond donors (Lipinski definition) is 2. The first-order valence-corrected chi connectivity index (χ1v) is 6.83. The molecule has 1 aromatic carbocycles. The van der Waals surface area contributed by atoms with Crippen molar-refractivity contribution in [1.82, 2.24) is 15.2 Å². The van der Waals surface area contributed by atoms with Crippen molar-refractivity contribution in [2.45, 2.75) is 13.3 Å². The summed E-state index contributed by atoms with van der Waals surface area (Å²) in [7, 11) is 0. The molecule has 2 heterocycles. The Hall–Kier alpha value is -2.21. The summed E-state index contributed by atoms with van der Waals surface area (Å²) in [6.07, 6.45) is 0.857. The van der Waals surface area contributed by atoms with Crippen LogP contribution in [0.25, 0.3) is 10.2 Å². The molecule has 6 heteroatoms. The minimum absolute atomic E-state index is 0.163. The first kappa shape index (κ1) is 11.9. The molecule has 0 bridgehead atoms. The van der Waals surface area contributed by atoms with E-state index in [4.69, 9.17) is 0 Å². The van der Waals surface area contributed by atoms with Crippen LogP contribution in [0.2, 0.25) is 0 Å². The number of aryl methyl sites for hydroxylation is 1. The van der Waals surface area contributed by atoms with Crippen LogP contribution >= 0.6 is 11.3 Å². The van der Waals surface area contributed by atoms with Gasteiger partial charge in [0.2, 0.25) is 0 Å². The molecule has 1 amide bonds. The zero-order chi connectivity index (χ0) is 13.2. The van der Waals surface area contributed by atoms with Crippen molar-refractivity contribution in [2.75, 3.05) is 5.32 Å². The van der Waals surface area contributed by atoms with Gasteiger partial charge >= 0.3 is 0 Å². The quantitative estimate of drug-likeness (QED) is 0.770. The first-order chi connectivity index (χ1) is 9.26. The molecule has 0 spiro atoms. The predicted octanol–water partition coefficient (Wildman–Crippen LogP) is 2.83. The molecule has 2 aromatic heterocycles. The fraction of sp³-hybridized carbons (Fsp3) is 0.154. The number of carbonyl (C=O) groups is 1. The van der Waals surface area contributed by atoms with Crippen molar-refractivity contribution in [2.24, 2.45) is 0 Å². The number of H-pyrrole nitrogens is 1. The lowest BCUT2D eigenvalue weighted by molar-refractivity contribution is 0.102. The zero-order valence-electron chi connectivity index (χ0n) is 10.3. The lowest BCUT2D eigenvalue weighted by atomic mass is 10.2. The Kier molecular flexibility index (Phi) is 3.00. The fourth-order valence-corrected chi connectivity index (χ4v) is 2.51. The van der Waals surface area contributed by atoms with Crippen LogP contribution in [0, 0.1) is 0 Å². The Morgan fingerprint density at radius 3 is 3.11 bits per heavy atom. The van der Waals surface area contributed by atoms with E-state index < -0.39 is 0 Å². The molecule has 0 fully saturated rings. The number of thiazole rings is 1. The van der Waals surface area contributed by atoms with Crippen LogP contribution < -0.4 is 5.32 Å². The Morgan fingerprint density at radius 2 is 2.32 bits per heavy atom. The van der Waals surface area contributed by atoms with Gasteiger partial charge in [0.15, 0.2) is 5.82 Å². The summed E-state index contributed by atoms with van der Waals surface area (Å²) < 4.78 is 1.00. The predicted molar refractivity (Wildman–Crippen MR) is 75.5 cm³/mol. The molecule has 96 valence electrons. The summed E-state index contributed by atoms with van der Waals surface area (Å²) in [4.78, 5) is 16.3. The normalized spacial score (nSPS) is 10.8. The number of rotatable bonds is 3. The molecule has 0 saturated heterocycles. The molecule has 0 atom stereocenters. The minimum atomic E-state index is -0.163. The van der Waals surface area contributed by atoms with E-state index in [0.29, 0.717) is 11.4 Å². The van der Waals surface area contributed by atoms with Crippen LogP contribution in [0.1, 0.15) is 23.0 Å². The maximum atomic E-state index is 12.1. The topological polar surface area (TPSA) is 70.7 Å². The highest BCUT2D eigenvalue weighted by Crippen LogP contribution is 2.19. The summed E-state index contributed by atoms with van der Waals surface area (Å²) in [5, 5.41) is 9.68. The number of carbonyl (C=O) groups excluding carboxylic acids is 1. The largest absolute Gasteiger partial charge is 0.305 e. The van der Waals surface area contributed by atoms with Crippen LogP contribution in [0.5, 0.6) is 0 Å². The Morgan fingerprint density at radius 1 is 1.42 bits per heavy atom. The number of hydrogen-bond acceptors (Lipinski definition) is 4. The van der Waals surface area contributed by atoms with E-state index in [-0.39, 0.29) is 5.91 Å². The van der Waals surface area contributed by atoms with Gasteiger partial charge in [0.1, 0.15) is 0 Å². The molecule has 0 saturated carbocycles. The van der Waals surface area contributed by atoms with E-state index in [0.717, 1.165) is 22.3 Å². The van der Waals surface area contributed by atoms with E-state index >= 15 is 0 Å². The second-order valence-electron chi connectivity index (χ2n) is 4.12. The number of nitrogens with one attached hydrogen (secondary N) is 2. The van der Waals surface area contributed by atoms with Crippen LogP contribution in [-0.4, -0.2) is 21.1 Å². The fourth-order valence-electron chi connectivity index (χ4n) is 1.79. The Bertz CT molecular complexity index is 731. The Balaban J connectivity index is 1.82. The van der Waals surface area contributed by atoms with Crippen molar-refractivity contribution in [1.29, 1.82) is 0 Å². The third kappa shape index (κ3) is 2.34. The van der Waals surface area contributed by atoms with Crippen molar-refractivity contribution >= 4 is 33.3 Å². The molecular weight excluding hydrogens is 260 g/mol. The first-order valence-electron chi connectivity index (χ1n) is 5.95. The van der Waals surface area contributed by atoms with Crippen LogP contribution in [0.15, 0.2) is 29.8 Å². The average molecular weight is 272 g/mol. The van der Waals surface area contributed by atoms with Crippen molar-refractivity contribution in [3.63, 3.8) is 0 Å². The summed E-state index contributed by atoms with van der Waals surface area (Å²) >= 11 is 1.52. The minimum Gasteiger partial charge on any atom is -0.305 e. The summed E-state index contributed by atoms with van der Waals surface area (Å²) in [5.41, 5.74) is 4.29. The van der Waals surface area contributed by atoms with Crippen molar-refractivity contribution < 1.29 is 4.79 Å². The molecular formula is C13H12N4OS. The highest BCUT2D eigenvalue weighted by Gasteiger charge is 2.09. The number of anilines is 1. The summed E-state index contributed by atoms with van der Waals surface area (Å²) in [6.45, 7) is 2.02. The Labute approximate surface area is 113 Å². The standard InChI is InChI=1S/C13H12N4OS/c1-2-9-6-12(17-16-9)15-13(18)8-3-4-10-11(5-8)19-7-14-10/h3-7H,2H2,1H3,(H2,15,16,17,18). The summed E-state index contributed by atoms with van der Waals surface area (Å²) in [6, 6.07) is 7.30. The molecule has 3 aromatic rings. The van der Waals surface area contributed by atoms with Gasteiger partial charge in [-0.25, -0.2) is 4.98 Å². The third-order valence-corrected chi connectivity index (χ3v) is 3.64.